The van der Waals surface area contributed by atoms with Crippen LogP contribution in [0.25, 0.3) is 0 Å². The van der Waals surface area contributed by atoms with E-state index in [1.807, 2.05) is 0 Å². The molecular weight excluding hydrogens is 258 g/mol. The normalized spacial score (nSPS) is 10.9. The number of rotatable bonds is 6. The fourth-order valence-corrected chi connectivity index (χ4v) is 2.20. The first kappa shape index (κ1) is 13.9. The lowest BCUT2D eigenvalue weighted by Crippen LogP contribution is -2.07. The number of thioether (sulfide) groups is 1. The van der Waals surface area contributed by atoms with Gasteiger partial charge in [0, 0.05) is 11.4 Å². The summed E-state index contributed by atoms with van der Waals surface area (Å²) in [6, 6.07) is 8.94. The number of hydrogen-bond donors (Lipinski definition) is 1. The molecular formula is C14H19N3OS. The van der Waals surface area contributed by atoms with E-state index in [0.717, 1.165) is 18.1 Å². The van der Waals surface area contributed by atoms with Gasteiger partial charge in [0.05, 0.1) is 5.75 Å². The van der Waals surface area contributed by atoms with Crippen molar-refractivity contribution in [3.05, 3.63) is 35.7 Å². The molecule has 0 spiro atoms. The van der Waals surface area contributed by atoms with Crippen LogP contribution in [0.2, 0.25) is 0 Å². The molecule has 1 heterocycles. The van der Waals surface area contributed by atoms with Crippen molar-refractivity contribution in [2.75, 3.05) is 11.9 Å². The Hall–Kier alpha value is -1.49. The Bertz CT molecular complexity index is 508. The maximum absolute atomic E-state index is 5.14. The third kappa shape index (κ3) is 4.59. The van der Waals surface area contributed by atoms with Crippen LogP contribution in [0, 0.1) is 12.8 Å². The molecule has 0 atom stereocenters. The minimum absolute atomic E-state index is 0.508. The summed E-state index contributed by atoms with van der Waals surface area (Å²) in [5, 5.41) is 7.08. The summed E-state index contributed by atoms with van der Waals surface area (Å²) in [5.41, 5.74) is 1.27. The summed E-state index contributed by atoms with van der Waals surface area (Å²) in [6.45, 7) is 7.20. The minimum atomic E-state index is 0.508. The van der Waals surface area contributed by atoms with Crippen molar-refractivity contribution in [3.63, 3.8) is 0 Å². The van der Waals surface area contributed by atoms with Gasteiger partial charge in [-0.25, -0.2) is 0 Å². The van der Waals surface area contributed by atoms with Crippen molar-refractivity contribution in [2.24, 2.45) is 5.92 Å². The van der Waals surface area contributed by atoms with Gasteiger partial charge in [0.1, 0.15) is 0 Å². The lowest BCUT2D eigenvalue weighted by atomic mass is 10.2. The molecule has 5 heteroatoms. The molecule has 1 aromatic carbocycles. The second-order valence-electron chi connectivity index (χ2n) is 4.89. The van der Waals surface area contributed by atoms with E-state index >= 15 is 0 Å². The average molecular weight is 277 g/mol. The van der Waals surface area contributed by atoms with Crippen LogP contribution in [0.15, 0.2) is 33.7 Å². The maximum Gasteiger partial charge on any atom is 0.321 e. The second kappa shape index (κ2) is 6.61. The first-order valence-corrected chi connectivity index (χ1v) is 7.38. The van der Waals surface area contributed by atoms with Crippen LogP contribution in [-0.2, 0) is 5.75 Å². The molecule has 0 amide bonds. The molecule has 2 rings (SSSR count). The van der Waals surface area contributed by atoms with Gasteiger partial charge in [-0.15, -0.1) is 11.8 Å². The highest BCUT2D eigenvalue weighted by Gasteiger charge is 2.06. The molecule has 1 N–H and O–H groups in total. The standard InChI is InChI=1S/C14H19N3OS/c1-10(2)8-15-14-16-13(17-18-14)9-19-12-6-4-11(3)5-7-12/h4-7,10H,8-9H2,1-3H3,(H,15,16,17). The first-order chi connectivity index (χ1) is 9.13. The van der Waals surface area contributed by atoms with E-state index in [-0.39, 0.29) is 0 Å². The van der Waals surface area contributed by atoms with Gasteiger partial charge < -0.3 is 9.84 Å². The predicted molar refractivity (Wildman–Crippen MR) is 78.4 cm³/mol. The first-order valence-electron chi connectivity index (χ1n) is 6.39. The molecule has 102 valence electrons. The highest BCUT2D eigenvalue weighted by molar-refractivity contribution is 7.98. The third-order valence-electron chi connectivity index (χ3n) is 2.52. The van der Waals surface area contributed by atoms with Crippen molar-refractivity contribution < 1.29 is 4.52 Å². The van der Waals surface area contributed by atoms with Crippen LogP contribution in [-0.4, -0.2) is 16.7 Å². The second-order valence-corrected chi connectivity index (χ2v) is 5.94. The summed E-state index contributed by atoms with van der Waals surface area (Å²) >= 11 is 1.71. The van der Waals surface area contributed by atoms with Gasteiger partial charge in [0.2, 0.25) is 0 Å². The highest BCUT2D eigenvalue weighted by atomic mass is 32.2. The average Bonchev–Trinajstić information content (AvgIpc) is 2.84. The number of hydrogen-bond acceptors (Lipinski definition) is 5. The molecule has 0 aliphatic rings. The lowest BCUT2D eigenvalue weighted by molar-refractivity contribution is 0.423. The van der Waals surface area contributed by atoms with E-state index in [1.165, 1.54) is 10.5 Å². The van der Waals surface area contributed by atoms with Crippen molar-refractivity contribution >= 4 is 17.8 Å². The largest absolute Gasteiger partial charge is 0.337 e. The third-order valence-corrected chi connectivity index (χ3v) is 3.53. The molecule has 0 saturated carbocycles. The minimum Gasteiger partial charge on any atom is -0.337 e. The fraction of sp³-hybridized carbons (Fsp3) is 0.429. The van der Waals surface area contributed by atoms with Crippen LogP contribution in [0.5, 0.6) is 0 Å². The molecule has 2 aromatic rings. The SMILES string of the molecule is Cc1ccc(SCc2noc(NCC(C)C)n2)cc1. The van der Waals surface area contributed by atoms with Crippen molar-refractivity contribution in [3.8, 4) is 0 Å². The van der Waals surface area contributed by atoms with E-state index in [0.29, 0.717) is 11.9 Å². The number of nitrogens with zero attached hydrogens (tertiary/aromatic N) is 2. The summed E-state index contributed by atoms with van der Waals surface area (Å²) < 4.78 is 5.14. The molecule has 1 aromatic heterocycles. The van der Waals surface area contributed by atoms with Crippen molar-refractivity contribution in [1.29, 1.82) is 0 Å². The molecule has 4 nitrogen and oxygen atoms in total. The molecule has 0 saturated heterocycles. The summed E-state index contributed by atoms with van der Waals surface area (Å²) in [6.07, 6.45) is 0. The van der Waals surface area contributed by atoms with E-state index in [1.54, 1.807) is 11.8 Å². The number of nitrogens with one attached hydrogen (secondary N) is 1. The Balaban J connectivity index is 1.84. The number of benzene rings is 1. The smallest absolute Gasteiger partial charge is 0.321 e. The van der Waals surface area contributed by atoms with Crippen molar-refractivity contribution in [2.45, 2.75) is 31.4 Å². The van der Waals surface area contributed by atoms with Crippen LogP contribution < -0.4 is 5.32 Å². The van der Waals surface area contributed by atoms with Crippen molar-refractivity contribution in [1.82, 2.24) is 10.1 Å². The van der Waals surface area contributed by atoms with Crippen LogP contribution >= 0.6 is 11.8 Å². The Morgan fingerprint density at radius 2 is 2.00 bits per heavy atom. The Morgan fingerprint density at radius 3 is 2.68 bits per heavy atom. The number of anilines is 1. The van der Waals surface area contributed by atoms with Crippen LogP contribution in [0.1, 0.15) is 25.2 Å². The molecule has 19 heavy (non-hydrogen) atoms. The summed E-state index contributed by atoms with van der Waals surface area (Å²) in [4.78, 5) is 5.52. The summed E-state index contributed by atoms with van der Waals surface area (Å²) in [5.74, 6) is 1.99. The molecule has 0 unspecified atom stereocenters. The van der Waals surface area contributed by atoms with Gasteiger partial charge >= 0.3 is 6.01 Å². The van der Waals surface area contributed by atoms with Gasteiger partial charge in [-0.2, -0.15) is 4.98 Å². The molecule has 0 aliphatic carbocycles. The highest BCUT2D eigenvalue weighted by Crippen LogP contribution is 2.22. The van der Waals surface area contributed by atoms with Gasteiger partial charge in [-0.3, -0.25) is 0 Å². The zero-order valence-electron chi connectivity index (χ0n) is 11.5. The van der Waals surface area contributed by atoms with E-state index in [2.05, 4.69) is 60.5 Å². The van der Waals surface area contributed by atoms with E-state index in [9.17, 15) is 0 Å². The van der Waals surface area contributed by atoms with Gasteiger partial charge in [0.15, 0.2) is 5.82 Å². The Kier molecular flexibility index (Phi) is 4.85. The maximum atomic E-state index is 5.14. The zero-order chi connectivity index (χ0) is 13.7. The van der Waals surface area contributed by atoms with Crippen LogP contribution in [0.4, 0.5) is 6.01 Å². The molecule has 0 aliphatic heterocycles. The zero-order valence-corrected chi connectivity index (χ0v) is 12.3. The topological polar surface area (TPSA) is 51.0 Å². The predicted octanol–water partition coefficient (Wildman–Crippen LogP) is 3.74. The number of aromatic nitrogens is 2. The van der Waals surface area contributed by atoms with Crippen LogP contribution in [0.3, 0.4) is 0 Å². The Morgan fingerprint density at radius 1 is 1.26 bits per heavy atom. The molecule has 0 radical (unpaired) electrons. The van der Waals surface area contributed by atoms with Gasteiger partial charge in [-0.1, -0.05) is 36.7 Å². The quantitative estimate of drug-likeness (QED) is 0.815. The lowest BCUT2D eigenvalue weighted by Gasteiger charge is -2.02. The van der Waals surface area contributed by atoms with E-state index < -0.39 is 0 Å². The molecule has 0 fully saturated rings. The molecule has 0 bridgehead atoms. The van der Waals surface area contributed by atoms with E-state index in [4.69, 9.17) is 4.52 Å². The van der Waals surface area contributed by atoms with Gasteiger partial charge in [0.25, 0.3) is 0 Å². The number of aryl methyl sites for hydroxylation is 1. The summed E-state index contributed by atoms with van der Waals surface area (Å²) in [7, 11) is 0. The van der Waals surface area contributed by atoms with Gasteiger partial charge in [-0.05, 0) is 25.0 Å². The fourth-order valence-electron chi connectivity index (χ4n) is 1.46. The Labute approximate surface area is 118 Å². The monoisotopic (exact) mass is 277 g/mol.